The molecule has 18 heavy (non-hydrogen) atoms. The molecule has 0 aliphatic rings. The molecule has 2 rings (SSSR count). The molecule has 0 aliphatic heterocycles. The molecule has 0 fully saturated rings. The Labute approximate surface area is 104 Å². The molecule has 0 atom stereocenters. The van der Waals surface area contributed by atoms with E-state index >= 15 is 0 Å². The summed E-state index contributed by atoms with van der Waals surface area (Å²) in [5.41, 5.74) is 0.977. The number of nitrogens with zero attached hydrogens (tertiary/aromatic N) is 1. The van der Waals surface area contributed by atoms with Gasteiger partial charge in [-0.1, -0.05) is 12.1 Å². The number of pyridine rings is 1. The lowest BCUT2D eigenvalue weighted by Gasteiger charge is -2.07. The number of amides is 1. The van der Waals surface area contributed by atoms with Crippen LogP contribution in [-0.2, 0) is 0 Å². The molecule has 5 heteroatoms. The number of hydrogen-bond donors (Lipinski definition) is 3. The van der Waals surface area contributed by atoms with Crippen LogP contribution in [-0.4, -0.2) is 21.1 Å². The zero-order chi connectivity index (χ0) is 13.1. The fourth-order valence-electron chi connectivity index (χ4n) is 1.44. The van der Waals surface area contributed by atoms with Gasteiger partial charge in [0.15, 0.2) is 11.5 Å². The second-order valence-electron chi connectivity index (χ2n) is 3.85. The van der Waals surface area contributed by atoms with Crippen LogP contribution in [0.5, 0.6) is 11.5 Å². The smallest absolute Gasteiger partial charge is 0.260 e. The maximum Gasteiger partial charge on any atom is 0.260 e. The molecule has 92 valence electrons. The summed E-state index contributed by atoms with van der Waals surface area (Å²) >= 11 is 0. The number of nitrogens with one attached hydrogen (secondary N) is 1. The largest absolute Gasteiger partial charge is 0.504 e. The second-order valence-corrected chi connectivity index (χ2v) is 3.85. The number of rotatable bonds is 2. The molecular formula is C13H12N2O3. The normalized spacial score (nSPS) is 10.1. The van der Waals surface area contributed by atoms with Crippen LogP contribution in [0.1, 0.15) is 15.9 Å². The van der Waals surface area contributed by atoms with Gasteiger partial charge >= 0.3 is 0 Å². The van der Waals surface area contributed by atoms with E-state index in [4.69, 9.17) is 0 Å². The summed E-state index contributed by atoms with van der Waals surface area (Å²) in [6.45, 7) is 1.89. The molecule has 1 aromatic carbocycles. The number of hydrogen-bond acceptors (Lipinski definition) is 4. The quantitative estimate of drug-likeness (QED) is 0.706. The lowest BCUT2D eigenvalue weighted by Crippen LogP contribution is -2.13. The minimum atomic E-state index is -0.528. The van der Waals surface area contributed by atoms with E-state index in [-0.39, 0.29) is 11.3 Å². The van der Waals surface area contributed by atoms with Crippen LogP contribution in [0.4, 0.5) is 5.82 Å². The van der Waals surface area contributed by atoms with Crippen LogP contribution in [0.25, 0.3) is 0 Å². The molecule has 0 unspecified atom stereocenters. The highest BCUT2D eigenvalue weighted by Gasteiger charge is 2.14. The summed E-state index contributed by atoms with van der Waals surface area (Å²) in [4.78, 5) is 15.9. The highest BCUT2D eigenvalue weighted by molar-refractivity contribution is 6.06. The Balaban J connectivity index is 2.22. The number of aromatic nitrogens is 1. The number of para-hydroxylation sites is 1. The van der Waals surface area contributed by atoms with Gasteiger partial charge in [0.25, 0.3) is 5.91 Å². The molecule has 2 aromatic rings. The van der Waals surface area contributed by atoms with Crippen molar-refractivity contribution < 1.29 is 15.0 Å². The van der Waals surface area contributed by atoms with Gasteiger partial charge in [-0.2, -0.15) is 0 Å². The van der Waals surface area contributed by atoms with Gasteiger partial charge in [-0.25, -0.2) is 4.98 Å². The molecular weight excluding hydrogens is 232 g/mol. The maximum atomic E-state index is 11.8. The molecule has 1 amide bonds. The summed E-state index contributed by atoms with van der Waals surface area (Å²) in [6.07, 6.45) is 1.62. The van der Waals surface area contributed by atoms with E-state index < -0.39 is 11.7 Å². The van der Waals surface area contributed by atoms with Crippen LogP contribution < -0.4 is 5.32 Å². The van der Waals surface area contributed by atoms with Gasteiger partial charge in [-0.05, 0) is 30.7 Å². The third kappa shape index (κ3) is 2.40. The first kappa shape index (κ1) is 11.9. The average molecular weight is 244 g/mol. The number of aryl methyl sites for hydroxylation is 1. The van der Waals surface area contributed by atoms with E-state index in [9.17, 15) is 15.0 Å². The maximum absolute atomic E-state index is 11.8. The van der Waals surface area contributed by atoms with E-state index in [2.05, 4.69) is 10.3 Å². The van der Waals surface area contributed by atoms with Crippen LogP contribution in [0, 0.1) is 6.92 Å². The Morgan fingerprint density at radius 2 is 2.00 bits per heavy atom. The number of phenols is 2. The topological polar surface area (TPSA) is 82.5 Å². The fourth-order valence-corrected chi connectivity index (χ4v) is 1.44. The number of carbonyl (C=O) groups is 1. The highest BCUT2D eigenvalue weighted by atomic mass is 16.3. The summed E-state index contributed by atoms with van der Waals surface area (Å²) in [6, 6.07) is 7.67. The first-order valence-corrected chi connectivity index (χ1v) is 5.33. The Bertz CT molecular complexity index is 579. The lowest BCUT2D eigenvalue weighted by atomic mass is 10.1. The molecule has 0 aliphatic carbocycles. The average Bonchev–Trinajstić information content (AvgIpc) is 2.35. The van der Waals surface area contributed by atoms with Gasteiger partial charge in [0.2, 0.25) is 0 Å². The van der Waals surface area contributed by atoms with Gasteiger partial charge in [-0.3, -0.25) is 4.79 Å². The van der Waals surface area contributed by atoms with Crippen LogP contribution >= 0.6 is 0 Å². The van der Waals surface area contributed by atoms with E-state index in [1.165, 1.54) is 18.2 Å². The third-order valence-electron chi connectivity index (χ3n) is 2.41. The molecule has 0 saturated heterocycles. The second kappa shape index (κ2) is 4.75. The van der Waals surface area contributed by atoms with E-state index in [0.717, 1.165) is 5.56 Å². The number of benzene rings is 1. The number of phenolic OH excluding ortho intramolecular Hbond substituents is 2. The van der Waals surface area contributed by atoms with Gasteiger partial charge in [-0.15, -0.1) is 0 Å². The van der Waals surface area contributed by atoms with Crippen LogP contribution in [0.2, 0.25) is 0 Å². The van der Waals surface area contributed by atoms with Crippen molar-refractivity contribution in [1.29, 1.82) is 0 Å². The monoisotopic (exact) mass is 244 g/mol. The Morgan fingerprint density at radius 1 is 1.22 bits per heavy atom. The Kier molecular flexibility index (Phi) is 3.14. The Morgan fingerprint density at radius 3 is 2.67 bits per heavy atom. The molecule has 5 nitrogen and oxygen atoms in total. The molecule has 3 N–H and O–H groups in total. The van der Waals surface area contributed by atoms with E-state index in [1.807, 2.05) is 13.0 Å². The molecule has 1 heterocycles. The minimum absolute atomic E-state index is 0.00243. The zero-order valence-corrected chi connectivity index (χ0v) is 9.71. The summed E-state index contributed by atoms with van der Waals surface area (Å²) in [5, 5.41) is 21.4. The molecule has 0 saturated carbocycles. The predicted molar refractivity (Wildman–Crippen MR) is 66.7 cm³/mol. The van der Waals surface area contributed by atoms with Gasteiger partial charge in [0, 0.05) is 6.20 Å². The lowest BCUT2D eigenvalue weighted by molar-refractivity contribution is 0.102. The fraction of sp³-hybridized carbons (Fsp3) is 0.0769. The summed E-state index contributed by atoms with van der Waals surface area (Å²) < 4.78 is 0. The van der Waals surface area contributed by atoms with Crippen molar-refractivity contribution in [3.63, 3.8) is 0 Å². The van der Waals surface area contributed by atoms with Crippen molar-refractivity contribution in [1.82, 2.24) is 4.98 Å². The minimum Gasteiger partial charge on any atom is -0.504 e. The first-order chi connectivity index (χ1) is 8.58. The van der Waals surface area contributed by atoms with Gasteiger partial charge < -0.3 is 15.5 Å². The molecule has 0 bridgehead atoms. The third-order valence-corrected chi connectivity index (χ3v) is 2.41. The summed E-state index contributed by atoms with van der Waals surface area (Å²) in [5.74, 6) is -0.922. The molecule has 1 aromatic heterocycles. The first-order valence-electron chi connectivity index (χ1n) is 5.33. The Hall–Kier alpha value is -2.56. The summed E-state index contributed by atoms with van der Waals surface area (Å²) in [7, 11) is 0. The van der Waals surface area contributed by atoms with Crippen molar-refractivity contribution in [2.75, 3.05) is 5.32 Å². The standard InChI is InChI=1S/C13H12N2O3/c1-8-5-6-11(14-7-8)15-13(18)9-3-2-4-10(16)12(9)17/h2-7,16-17H,1H3,(H,14,15,18). The van der Waals surface area contributed by atoms with Crippen molar-refractivity contribution in [2.45, 2.75) is 6.92 Å². The van der Waals surface area contributed by atoms with Crippen LogP contribution in [0.15, 0.2) is 36.5 Å². The van der Waals surface area contributed by atoms with Crippen molar-refractivity contribution in [2.24, 2.45) is 0 Å². The van der Waals surface area contributed by atoms with E-state index in [0.29, 0.717) is 5.82 Å². The van der Waals surface area contributed by atoms with Crippen LogP contribution in [0.3, 0.4) is 0 Å². The number of anilines is 1. The van der Waals surface area contributed by atoms with Crippen molar-refractivity contribution in [3.8, 4) is 11.5 Å². The zero-order valence-electron chi connectivity index (χ0n) is 9.71. The van der Waals surface area contributed by atoms with Gasteiger partial charge in [0.05, 0.1) is 5.56 Å². The van der Waals surface area contributed by atoms with Crippen molar-refractivity contribution in [3.05, 3.63) is 47.7 Å². The number of carbonyl (C=O) groups excluding carboxylic acids is 1. The van der Waals surface area contributed by atoms with Gasteiger partial charge in [0.1, 0.15) is 5.82 Å². The molecule has 0 spiro atoms. The number of aromatic hydroxyl groups is 2. The SMILES string of the molecule is Cc1ccc(NC(=O)c2cccc(O)c2O)nc1. The highest BCUT2D eigenvalue weighted by Crippen LogP contribution is 2.28. The predicted octanol–water partition coefficient (Wildman–Crippen LogP) is 2.05. The van der Waals surface area contributed by atoms with E-state index in [1.54, 1.807) is 12.3 Å². The molecule has 0 radical (unpaired) electrons. The van der Waals surface area contributed by atoms with Crippen molar-refractivity contribution >= 4 is 11.7 Å².